The van der Waals surface area contributed by atoms with Gasteiger partial charge < -0.3 is 18.9 Å². The quantitative estimate of drug-likeness (QED) is 0.206. The molecule has 0 aliphatic carbocycles. The molecule has 33 heavy (non-hydrogen) atoms. The van der Waals surface area contributed by atoms with Crippen molar-refractivity contribution in [3.8, 4) is 33.9 Å². The minimum atomic E-state index is -0.365. The van der Waals surface area contributed by atoms with E-state index in [0.717, 1.165) is 35.3 Å². The molecule has 5 nitrogen and oxygen atoms in total. The number of ether oxygens (including phenoxy) is 4. The first-order valence-electron chi connectivity index (χ1n) is 11.4. The number of pyridine rings is 1. The molecular weight excluding hydrogens is 421 g/mol. The van der Waals surface area contributed by atoms with Crippen molar-refractivity contribution in [2.45, 2.75) is 32.6 Å². The molecule has 0 N–H and O–H groups in total. The predicted molar refractivity (Wildman–Crippen MR) is 128 cm³/mol. The molecule has 1 aromatic heterocycles. The van der Waals surface area contributed by atoms with E-state index < -0.39 is 0 Å². The summed E-state index contributed by atoms with van der Waals surface area (Å²) in [6.07, 6.45) is 6.17. The van der Waals surface area contributed by atoms with Gasteiger partial charge in [-0.1, -0.05) is 44.4 Å². The fraction of sp³-hybridized carbons (Fsp3) is 0.370. The molecule has 1 heterocycles. The van der Waals surface area contributed by atoms with Gasteiger partial charge in [0.05, 0.1) is 25.5 Å². The predicted octanol–water partition coefficient (Wildman–Crippen LogP) is 6.51. The number of hydrogen-bond acceptors (Lipinski definition) is 5. The largest absolute Gasteiger partial charge is 0.491 e. The van der Waals surface area contributed by atoms with Gasteiger partial charge in [0.15, 0.2) is 18.4 Å². The second-order valence-electron chi connectivity index (χ2n) is 7.67. The second kappa shape index (κ2) is 13.6. The van der Waals surface area contributed by atoms with Crippen LogP contribution in [0.3, 0.4) is 0 Å². The van der Waals surface area contributed by atoms with Crippen LogP contribution in [0, 0.1) is 5.82 Å². The topological polar surface area (TPSA) is 49.8 Å². The van der Waals surface area contributed by atoms with E-state index in [1.807, 2.05) is 42.5 Å². The van der Waals surface area contributed by atoms with E-state index in [9.17, 15) is 4.39 Å². The SMILES string of the molecule is CCCCCCOc1ccc(-c2ccc(-c3ccc(OCOCCOC)cc3)cn2)cc1F. The molecule has 0 saturated carbocycles. The van der Waals surface area contributed by atoms with Crippen LogP contribution in [-0.2, 0) is 9.47 Å². The van der Waals surface area contributed by atoms with Crippen LogP contribution in [0.5, 0.6) is 11.5 Å². The second-order valence-corrected chi connectivity index (χ2v) is 7.67. The molecule has 2 aromatic carbocycles. The smallest absolute Gasteiger partial charge is 0.189 e. The summed E-state index contributed by atoms with van der Waals surface area (Å²) in [4.78, 5) is 4.52. The van der Waals surface area contributed by atoms with Crippen LogP contribution < -0.4 is 9.47 Å². The average Bonchev–Trinajstić information content (AvgIpc) is 2.85. The first kappa shape index (κ1) is 24.7. The van der Waals surface area contributed by atoms with Crippen LogP contribution in [0.2, 0.25) is 0 Å². The van der Waals surface area contributed by atoms with E-state index in [1.54, 1.807) is 19.4 Å². The molecule has 0 aliphatic rings. The van der Waals surface area contributed by atoms with Crippen molar-refractivity contribution < 1.29 is 23.3 Å². The maximum atomic E-state index is 14.5. The van der Waals surface area contributed by atoms with E-state index in [4.69, 9.17) is 18.9 Å². The Morgan fingerprint density at radius 2 is 1.58 bits per heavy atom. The Kier molecular flexibility index (Phi) is 10.1. The highest BCUT2D eigenvalue weighted by Gasteiger charge is 2.08. The molecule has 0 unspecified atom stereocenters. The van der Waals surface area contributed by atoms with Gasteiger partial charge in [-0.2, -0.15) is 0 Å². The molecule has 0 radical (unpaired) electrons. The van der Waals surface area contributed by atoms with Gasteiger partial charge in [0, 0.05) is 24.4 Å². The number of rotatable bonds is 14. The third-order valence-electron chi connectivity index (χ3n) is 5.17. The lowest BCUT2D eigenvalue weighted by Gasteiger charge is -2.10. The molecular formula is C27H32FNO4. The van der Waals surface area contributed by atoms with Crippen molar-refractivity contribution in [1.82, 2.24) is 4.98 Å². The fourth-order valence-electron chi connectivity index (χ4n) is 3.28. The maximum absolute atomic E-state index is 14.5. The number of unbranched alkanes of at least 4 members (excludes halogenated alkanes) is 3. The van der Waals surface area contributed by atoms with Crippen LogP contribution in [0.4, 0.5) is 4.39 Å². The summed E-state index contributed by atoms with van der Waals surface area (Å²) in [7, 11) is 1.63. The summed E-state index contributed by atoms with van der Waals surface area (Å²) < 4.78 is 35.8. The third kappa shape index (κ3) is 7.84. The first-order chi connectivity index (χ1) is 16.2. The van der Waals surface area contributed by atoms with E-state index in [0.29, 0.717) is 31.3 Å². The molecule has 0 bridgehead atoms. The van der Waals surface area contributed by atoms with Crippen LogP contribution >= 0.6 is 0 Å². The van der Waals surface area contributed by atoms with Gasteiger partial charge in [-0.15, -0.1) is 0 Å². The minimum absolute atomic E-state index is 0.179. The lowest BCUT2D eigenvalue weighted by molar-refractivity contribution is -0.00846. The Labute approximate surface area is 195 Å². The number of methoxy groups -OCH3 is 1. The summed E-state index contributed by atoms with van der Waals surface area (Å²) in [6.45, 7) is 3.90. The summed E-state index contributed by atoms with van der Waals surface area (Å²) in [5.41, 5.74) is 3.41. The summed E-state index contributed by atoms with van der Waals surface area (Å²) in [5.74, 6) is 0.651. The van der Waals surface area contributed by atoms with E-state index >= 15 is 0 Å². The Bertz CT molecular complexity index is 961. The lowest BCUT2D eigenvalue weighted by Crippen LogP contribution is -2.07. The van der Waals surface area contributed by atoms with Crippen molar-refractivity contribution in [2.24, 2.45) is 0 Å². The highest BCUT2D eigenvalue weighted by molar-refractivity contribution is 5.67. The van der Waals surface area contributed by atoms with Gasteiger partial charge in [0.25, 0.3) is 0 Å². The Morgan fingerprint density at radius 1 is 0.788 bits per heavy atom. The monoisotopic (exact) mass is 453 g/mol. The van der Waals surface area contributed by atoms with Gasteiger partial charge >= 0.3 is 0 Å². The van der Waals surface area contributed by atoms with Gasteiger partial charge in [0.2, 0.25) is 0 Å². The molecule has 0 saturated heterocycles. The summed E-state index contributed by atoms with van der Waals surface area (Å²) in [6, 6.07) is 16.6. The van der Waals surface area contributed by atoms with Crippen molar-refractivity contribution >= 4 is 0 Å². The van der Waals surface area contributed by atoms with E-state index in [-0.39, 0.29) is 12.6 Å². The van der Waals surface area contributed by atoms with Crippen molar-refractivity contribution in [3.05, 3.63) is 66.6 Å². The average molecular weight is 454 g/mol. The standard InChI is InChI=1S/C27H32FNO4/c1-3-4-5-6-15-32-27-14-10-22(18-25(27)28)26-13-9-23(19-29-26)21-7-11-24(12-8-21)33-20-31-17-16-30-2/h7-14,18-19H,3-6,15-17,20H2,1-2H3. The highest BCUT2D eigenvalue weighted by atomic mass is 19.1. The zero-order valence-electron chi connectivity index (χ0n) is 19.4. The van der Waals surface area contributed by atoms with E-state index in [2.05, 4.69) is 11.9 Å². The van der Waals surface area contributed by atoms with E-state index in [1.165, 1.54) is 18.9 Å². The number of aromatic nitrogens is 1. The summed E-state index contributed by atoms with van der Waals surface area (Å²) >= 11 is 0. The van der Waals surface area contributed by atoms with Crippen LogP contribution in [0.1, 0.15) is 32.6 Å². The summed E-state index contributed by atoms with van der Waals surface area (Å²) in [5, 5.41) is 0. The van der Waals surface area contributed by atoms with Gasteiger partial charge in [-0.05, 0) is 48.4 Å². The molecule has 0 amide bonds. The maximum Gasteiger partial charge on any atom is 0.189 e. The fourth-order valence-corrected chi connectivity index (χ4v) is 3.28. The number of halogens is 1. The lowest BCUT2D eigenvalue weighted by atomic mass is 10.1. The normalized spacial score (nSPS) is 10.9. The number of nitrogens with zero attached hydrogens (tertiary/aromatic N) is 1. The molecule has 0 spiro atoms. The van der Waals surface area contributed by atoms with Crippen molar-refractivity contribution in [2.75, 3.05) is 33.7 Å². The molecule has 3 aromatic rings. The third-order valence-corrected chi connectivity index (χ3v) is 5.17. The van der Waals surface area contributed by atoms with Crippen LogP contribution in [0.15, 0.2) is 60.8 Å². The molecule has 176 valence electrons. The Hall–Kier alpha value is -2.96. The Morgan fingerprint density at radius 3 is 2.27 bits per heavy atom. The van der Waals surface area contributed by atoms with Gasteiger partial charge in [-0.25, -0.2) is 4.39 Å². The number of benzene rings is 2. The number of hydrogen-bond donors (Lipinski definition) is 0. The zero-order chi connectivity index (χ0) is 23.3. The molecule has 6 heteroatoms. The van der Waals surface area contributed by atoms with Crippen LogP contribution in [-0.4, -0.2) is 38.7 Å². The highest BCUT2D eigenvalue weighted by Crippen LogP contribution is 2.27. The molecule has 0 aliphatic heterocycles. The molecule has 0 atom stereocenters. The molecule has 3 rings (SSSR count). The minimum Gasteiger partial charge on any atom is -0.491 e. The first-order valence-corrected chi connectivity index (χ1v) is 11.4. The van der Waals surface area contributed by atoms with Gasteiger partial charge in [0.1, 0.15) is 5.75 Å². The van der Waals surface area contributed by atoms with Crippen LogP contribution in [0.25, 0.3) is 22.4 Å². The molecule has 0 fully saturated rings. The van der Waals surface area contributed by atoms with Gasteiger partial charge in [-0.3, -0.25) is 4.98 Å². The van der Waals surface area contributed by atoms with Crippen molar-refractivity contribution in [1.29, 1.82) is 0 Å². The Balaban J connectivity index is 1.55. The van der Waals surface area contributed by atoms with Crippen molar-refractivity contribution in [3.63, 3.8) is 0 Å². The zero-order valence-corrected chi connectivity index (χ0v) is 19.4.